The third-order valence-electron chi connectivity index (χ3n) is 5.45. The molecule has 8 heteroatoms. The van der Waals surface area contributed by atoms with E-state index in [0.717, 1.165) is 31.0 Å². The van der Waals surface area contributed by atoms with Gasteiger partial charge in [0.1, 0.15) is 0 Å². The minimum atomic E-state index is -3.15. The molecule has 2 aromatic carbocycles. The Labute approximate surface area is 207 Å². The molecule has 31 heavy (non-hydrogen) atoms. The van der Waals surface area contributed by atoms with Crippen molar-refractivity contribution < 1.29 is 8.42 Å². The molecule has 0 aromatic heterocycles. The van der Waals surface area contributed by atoms with E-state index in [4.69, 9.17) is 0 Å². The summed E-state index contributed by atoms with van der Waals surface area (Å²) in [5.41, 5.74) is 1.09. The van der Waals surface area contributed by atoms with Crippen molar-refractivity contribution in [1.82, 2.24) is 10.6 Å². The van der Waals surface area contributed by atoms with Crippen LogP contribution in [0, 0.1) is 0 Å². The molecule has 5 nitrogen and oxygen atoms in total. The van der Waals surface area contributed by atoms with Crippen LogP contribution >= 0.6 is 35.7 Å². The molecule has 0 heterocycles. The van der Waals surface area contributed by atoms with Gasteiger partial charge >= 0.3 is 0 Å². The van der Waals surface area contributed by atoms with E-state index in [1.54, 1.807) is 19.2 Å². The zero-order valence-electron chi connectivity index (χ0n) is 18.1. The van der Waals surface area contributed by atoms with Crippen LogP contribution < -0.4 is 10.6 Å². The molecule has 2 N–H and O–H groups in total. The van der Waals surface area contributed by atoms with Crippen molar-refractivity contribution in [2.24, 2.45) is 4.99 Å². The summed E-state index contributed by atoms with van der Waals surface area (Å²) < 4.78 is 23.3. The summed E-state index contributed by atoms with van der Waals surface area (Å²) in [6.07, 6.45) is 7.00. The van der Waals surface area contributed by atoms with Crippen molar-refractivity contribution in [3.05, 3.63) is 60.2 Å². The molecule has 0 spiro atoms. The van der Waals surface area contributed by atoms with Gasteiger partial charge in [-0.1, -0.05) is 43.2 Å². The molecule has 1 saturated carbocycles. The van der Waals surface area contributed by atoms with Gasteiger partial charge in [0.2, 0.25) is 0 Å². The summed E-state index contributed by atoms with van der Waals surface area (Å²) in [7, 11) is -1.35. The highest BCUT2D eigenvalue weighted by molar-refractivity contribution is 14.0. The van der Waals surface area contributed by atoms with E-state index >= 15 is 0 Å². The number of hydrogen-bond acceptors (Lipinski definition) is 4. The Bertz CT molecular complexity index is 943. The van der Waals surface area contributed by atoms with Gasteiger partial charge in [-0.05, 0) is 49.1 Å². The van der Waals surface area contributed by atoms with Crippen molar-refractivity contribution in [3.8, 4) is 0 Å². The second-order valence-corrected chi connectivity index (χ2v) is 11.4. The molecule has 3 rings (SSSR count). The molecular weight excluding hydrogens is 541 g/mol. The lowest BCUT2D eigenvalue weighted by Gasteiger charge is -2.29. The number of nitrogens with zero attached hydrogens (tertiary/aromatic N) is 1. The summed E-state index contributed by atoms with van der Waals surface area (Å²) in [4.78, 5) is 6.05. The number of benzene rings is 2. The van der Waals surface area contributed by atoms with Gasteiger partial charge in [0, 0.05) is 36.0 Å². The van der Waals surface area contributed by atoms with Crippen LogP contribution in [0.5, 0.6) is 0 Å². The van der Waals surface area contributed by atoms with Crippen LogP contribution in [0.2, 0.25) is 0 Å². The third-order valence-corrected chi connectivity index (χ3v) is 8.07. The Morgan fingerprint density at radius 1 is 1.03 bits per heavy atom. The van der Waals surface area contributed by atoms with Crippen LogP contribution in [-0.4, -0.2) is 45.5 Å². The number of nitrogens with one attached hydrogen (secondary N) is 2. The predicted octanol–water partition coefficient (Wildman–Crippen LogP) is 4.52. The smallest absolute Gasteiger partial charge is 0.191 e. The Hall–Kier alpha value is -1.26. The van der Waals surface area contributed by atoms with Gasteiger partial charge < -0.3 is 10.6 Å². The van der Waals surface area contributed by atoms with E-state index in [9.17, 15) is 8.42 Å². The first-order valence-corrected chi connectivity index (χ1v) is 13.1. The van der Waals surface area contributed by atoms with E-state index in [-0.39, 0.29) is 28.7 Å². The van der Waals surface area contributed by atoms with E-state index in [1.165, 1.54) is 36.8 Å². The first-order valence-electron chi connectivity index (χ1n) is 10.4. The normalized spacial score (nSPS) is 15.9. The van der Waals surface area contributed by atoms with Gasteiger partial charge in [0.25, 0.3) is 0 Å². The maximum absolute atomic E-state index is 11.6. The van der Waals surface area contributed by atoms with Gasteiger partial charge in [0.05, 0.1) is 4.90 Å². The minimum Gasteiger partial charge on any atom is -0.356 e. The van der Waals surface area contributed by atoms with Crippen molar-refractivity contribution in [1.29, 1.82) is 0 Å². The Morgan fingerprint density at radius 2 is 1.68 bits per heavy atom. The number of thioether (sulfide) groups is 1. The summed E-state index contributed by atoms with van der Waals surface area (Å²) >= 11 is 1.98. The largest absolute Gasteiger partial charge is 0.356 e. The Kier molecular flexibility index (Phi) is 10.2. The van der Waals surface area contributed by atoms with E-state index < -0.39 is 9.84 Å². The molecule has 170 valence electrons. The van der Waals surface area contributed by atoms with Crippen LogP contribution in [0.15, 0.2) is 69.4 Å². The first kappa shape index (κ1) is 26.0. The minimum absolute atomic E-state index is 0. The van der Waals surface area contributed by atoms with Crippen LogP contribution in [0.1, 0.15) is 31.2 Å². The average Bonchev–Trinajstić information content (AvgIpc) is 3.19. The van der Waals surface area contributed by atoms with Gasteiger partial charge in [-0.15, -0.1) is 35.7 Å². The molecule has 0 saturated heterocycles. The standard InChI is InChI=1S/C23H31N3O2S2.HI/c1-24-22(25-17-14-19-10-12-21(13-11-19)30(2,27)28)26-18-23(15-6-7-16-23)29-20-8-4-3-5-9-20;/h3-5,8-13H,6-7,14-18H2,1-2H3,(H2,24,25,26);1H. The average molecular weight is 574 g/mol. The van der Waals surface area contributed by atoms with E-state index in [2.05, 4.69) is 46.0 Å². The highest BCUT2D eigenvalue weighted by atomic mass is 127. The molecule has 1 fully saturated rings. The van der Waals surface area contributed by atoms with Gasteiger partial charge in [0.15, 0.2) is 15.8 Å². The number of sulfone groups is 1. The SMILES string of the molecule is CN=C(NCCc1ccc(S(C)(=O)=O)cc1)NCC1(Sc2ccccc2)CCCC1.I. The molecule has 2 aromatic rings. The fourth-order valence-corrected chi connectivity index (χ4v) is 5.83. The van der Waals surface area contributed by atoms with Crippen LogP contribution in [0.4, 0.5) is 0 Å². The number of hydrogen-bond donors (Lipinski definition) is 2. The molecule has 1 aliphatic carbocycles. The molecule has 0 amide bonds. The van der Waals surface area contributed by atoms with Gasteiger partial charge in [-0.25, -0.2) is 8.42 Å². The zero-order chi connectivity index (χ0) is 21.5. The number of guanidine groups is 1. The molecule has 0 atom stereocenters. The van der Waals surface area contributed by atoms with E-state index in [0.29, 0.717) is 4.90 Å². The summed E-state index contributed by atoms with van der Waals surface area (Å²) in [6, 6.07) is 17.7. The zero-order valence-corrected chi connectivity index (χ0v) is 22.1. The van der Waals surface area contributed by atoms with Crippen LogP contribution in [0.25, 0.3) is 0 Å². The molecule has 1 aliphatic rings. The second-order valence-electron chi connectivity index (χ2n) is 7.82. The van der Waals surface area contributed by atoms with E-state index in [1.807, 2.05) is 23.9 Å². The summed E-state index contributed by atoms with van der Waals surface area (Å²) in [5, 5.41) is 6.91. The number of halogens is 1. The molecule has 0 unspecified atom stereocenters. The van der Waals surface area contributed by atoms with Crippen LogP contribution in [-0.2, 0) is 16.3 Å². The topological polar surface area (TPSA) is 70.6 Å². The van der Waals surface area contributed by atoms with Crippen molar-refractivity contribution in [2.45, 2.75) is 46.6 Å². The second kappa shape index (κ2) is 12.1. The third kappa shape index (κ3) is 7.98. The lowest BCUT2D eigenvalue weighted by atomic mass is 10.1. The van der Waals surface area contributed by atoms with Gasteiger partial charge in [-0.3, -0.25) is 4.99 Å². The highest BCUT2D eigenvalue weighted by Crippen LogP contribution is 2.44. The summed E-state index contributed by atoms with van der Waals surface area (Å²) in [6.45, 7) is 1.62. The molecule has 0 aliphatic heterocycles. The van der Waals surface area contributed by atoms with Crippen molar-refractivity contribution in [3.63, 3.8) is 0 Å². The van der Waals surface area contributed by atoms with Crippen molar-refractivity contribution >= 4 is 51.5 Å². The number of rotatable bonds is 8. The maximum atomic E-state index is 11.6. The monoisotopic (exact) mass is 573 g/mol. The lowest BCUT2D eigenvalue weighted by Crippen LogP contribution is -2.45. The molecule has 0 bridgehead atoms. The Balaban J connectivity index is 0.00000341. The predicted molar refractivity (Wildman–Crippen MR) is 142 cm³/mol. The Morgan fingerprint density at radius 3 is 2.26 bits per heavy atom. The summed E-state index contributed by atoms with van der Waals surface area (Å²) in [5.74, 6) is 0.808. The first-order chi connectivity index (χ1) is 14.4. The molecule has 0 radical (unpaired) electrons. The maximum Gasteiger partial charge on any atom is 0.191 e. The van der Waals surface area contributed by atoms with Gasteiger partial charge in [-0.2, -0.15) is 0 Å². The van der Waals surface area contributed by atoms with Crippen molar-refractivity contribution in [2.75, 3.05) is 26.4 Å². The lowest BCUT2D eigenvalue weighted by molar-refractivity contribution is 0.582. The quantitative estimate of drug-likeness (QED) is 0.276. The fraction of sp³-hybridized carbons (Fsp3) is 0.435. The molecular formula is C23H32IN3O2S2. The number of aliphatic imine (C=N–C) groups is 1. The fourth-order valence-electron chi connectivity index (χ4n) is 3.77. The highest BCUT2D eigenvalue weighted by Gasteiger charge is 2.35. The van der Waals surface area contributed by atoms with Crippen LogP contribution in [0.3, 0.4) is 0 Å².